The second-order valence-corrected chi connectivity index (χ2v) is 12.1. The highest BCUT2D eigenvalue weighted by atomic mass is 16.5. The number of ether oxygens (including phenoxy) is 1. The summed E-state index contributed by atoms with van der Waals surface area (Å²) < 4.78 is 5.14. The normalized spacial score (nSPS) is 26.0. The molecule has 1 N–H and O–H groups in total. The maximum Gasteiger partial charge on any atom is 0.321 e. The average molecular weight is 534 g/mol. The van der Waals surface area contributed by atoms with Crippen LogP contribution < -0.4 is 10.1 Å². The van der Waals surface area contributed by atoms with E-state index in [-0.39, 0.29) is 35.4 Å². The number of aromatic nitrogens is 2. The van der Waals surface area contributed by atoms with Gasteiger partial charge < -0.3 is 14.5 Å². The van der Waals surface area contributed by atoms with Gasteiger partial charge in [0.2, 0.25) is 17.7 Å². The number of nitrogens with zero attached hydrogens (tertiary/aromatic N) is 4. The molecule has 2 aromatic rings. The van der Waals surface area contributed by atoms with Crippen LogP contribution in [-0.4, -0.2) is 64.0 Å². The summed E-state index contributed by atoms with van der Waals surface area (Å²) in [4.78, 5) is 39.0. The Morgan fingerprint density at radius 1 is 1.15 bits per heavy atom. The van der Waals surface area contributed by atoms with E-state index >= 15 is 0 Å². The molecule has 2 heterocycles. The van der Waals surface area contributed by atoms with Gasteiger partial charge in [-0.3, -0.25) is 10.1 Å². The van der Waals surface area contributed by atoms with Gasteiger partial charge >= 0.3 is 6.03 Å². The molecule has 8 heteroatoms. The molecule has 2 aliphatic carbocycles. The van der Waals surface area contributed by atoms with Crippen molar-refractivity contribution in [1.82, 2.24) is 19.8 Å². The second-order valence-electron chi connectivity index (χ2n) is 12.1. The molecule has 8 nitrogen and oxygen atoms in total. The number of anilines is 1. The van der Waals surface area contributed by atoms with Gasteiger partial charge in [-0.25, -0.2) is 9.78 Å². The molecule has 0 radical (unpaired) electrons. The Bertz CT molecular complexity index is 1140. The molecule has 1 aromatic carbocycles. The van der Waals surface area contributed by atoms with Crippen LogP contribution in [0.3, 0.4) is 0 Å². The van der Waals surface area contributed by atoms with Crippen LogP contribution in [0, 0.1) is 11.8 Å². The summed E-state index contributed by atoms with van der Waals surface area (Å²) in [5.74, 6) is 1.50. The second kappa shape index (κ2) is 11.5. The van der Waals surface area contributed by atoms with Crippen LogP contribution in [-0.2, 0) is 10.2 Å². The van der Waals surface area contributed by atoms with Crippen molar-refractivity contribution in [3.8, 4) is 5.88 Å². The van der Waals surface area contributed by atoms with Crippen LogP contribution in [0.1, 0.15) is 77.2 Å². The topological polar surface area (TPSA) is 87.7 Å². The SMILES string of the molecule is CCC(C)CC1(c2ccccc2)CCC2(CC1)CN(CC(=O)Nc1nccc(OC)n1)C(=O)N2CC1CCC1. The minimum absolute atomic E-state index is 0.000976. The highest BCUT2D eigenvalue weighted by Crippen LogP contribution is 2.51. The molecule has 1 unspecified atom stereocenters. The van der Waals surface area contributed by atoms with Gasteiger partial charge in [-0.1, -0.05) is 57.0 Å². The van der Waals surface area contributed by atoms with Gasteiger partial charge in [0.1, 0.15) is 6.54 Å². The van der Waals surface area contributed by atoms with E-state index in [4.69, 9.17) is 4.74 Å². The lowest BCUT2D eigenvalue weighted by Gasteiger charge is -2.50. The molecular weight excluding hydrogens is 490 g/mol. The maximum atomic E-state index is 13.8. The van der Waals surface area contributed by atoms with Gasteiger partial charge in [-0.2, -0.15) is 4.98 Å². The lowest BCUT2D eigenvalue weighted by Crippen LogP contribution is -2.54. The van der Waals surface area contributed by atoms with Crippen molar-refractivity contribution in [2.45, 2.75) is 82.6 Å². The zero-order chi connectivity index (χ0) is 27.5. The van der Waals surface area contributed by atoms with Crippen LogP contribution >= 0.6 is 0 Å². The van der Waals surface area contributed by atoms with Crippen LogP contribution in [0.2, 0.25) is 0 Å². The minimum Gasteiger partial charge on any atom is -0.481 e. The predicted molar refractivity (Wildman–Crippen MR) is 152 cm³/mol. The third kappa shape index (κ3) is 5.75. The Hall–Kier alpha value is -3.16. The van der Waals surface area contributed by atoms with E-state index in [1.54, 1.807) is 11.0 Å². The summed E-state index contributed by atoms with van der Waals surface area (Å²) in [5, 5.41) is 2.74. The highest BCUT2D eigenvalue weighted by Gasteiger charge is 2.54. The molecule has 3 aliphatic rings. The Morgan fingerprint density at radius 3 is 2.54 bits per heavy atom. The first-order valence-electron chi connectivity index (χ1n) is 14.7. The van der Waals surface area contributed by atoms with E-state index in [9.17, 15) is 9.59 Å². The minimum atomic E-state index is -0.288. The van der Waals surface area contributed by atoms with Gasteiger partial charge in [0, 0.05) is 25.4 Å². The molecule has 1 saturated heterocycles. The van der Waals surface area contributed by atoms with Crippen LogP contribution in [0.25, 0.3) is 0 Å². The van der Waals surface area contributed by atoms with Crippen LogP contribution in [0.5, 0.6) is 5.88 Å². The van der Waals surface area contributed by atoms with Gasteiger partial charge in [-0.05, 0) is 67.8 Å². The van der Waals surface area contributed by atoms with Crippen molar-refractivity contribution in [2.75, 3.05) is 32.1 Å². The first-order chi connectivity index (χ1) is 18.9. The Balaban J connectivity index is 1.34. The van der Waals surface area contributed by atoms with Crippen molar-refractivity contribution < 1.29 is 14.3 Å². The lowest BCUT2D eigenvalue weighted by molar-refractivity contribution is -0.116. The van der Waals surface area contributed by atoms with Crippen molar-refractivity contribution in [3.63, 3.8) is 0 Å². The van der Waals surface area contributed by atoms with Gasteiger partial charge in [0.25, 0.3) is 0 Å². The van der Waals surface area contributed by atoms with Gasteiger partial charge in [0.15, 0.2) is 0 Å². The monoisotopic (exact) mass is 533 g/mol. The number of urea groups is 1. The van der Waals surface area contributed by atoms with Gasteiger partial charge in [0.05, 0.1) is 12.6 Å². The molecule has 5 rings (SSSR count). The lowest BCUT2D eigenvalue weighted by atomic mass is 9.60. The van der Waals surface area contributed by atoms with Crippen molar-refractivity contribution in [2.24, 2.45) is 11.8 Å². The number of hydrogen-bond donors (Lipinski definition) is 1. The summed E-state index contributed by atoms with van der Waals surface area (Å²) in [6.45, 7) is 6.05. The molecule has 1 aromatic heterocycles. The number of benzene rings is 1. The van der Waals surface area contributed by atoms with E-state index in [2.05, 4.69) is 64.4 Å². The third-order valence-electron chi connectivity index (χ3n) is 9.61. The van der Waals surface area contributed by atoms with Gasteiger partial charge in [-0.15, -0.1) is 0 Å². The summed E-state index contributed by atoms with van der Waals surface area (Å²) >= 11 is 0. The van der Waals surface area contributed by atoms with E-state index in [0.29, 0.717) is 24.3 Å². The summed E-state index contributed by atoms with van der Waals surface area (Å²) in [6, 6.07) is 12.6. The molecule has 1 atom stereocenters. The predicted octanol–water partition coefficient (Wildman–Crippen LogP) is 5.65. The first-order valence-corrected chi connectivity index (χ1v) is 14.7. The Morgan fingerprint density at radius 2 is 1.90 bits per heavy atom. The number of carbonyl (C=O) groups is 2. The fourth-order valence-electron chi connectivity index (χ4n) is 6.90. The molecule has 210 valence electrons. The van der Waals surface area contributed by atoms with Crippen molar-refractivity contribution in [3.05, 3.63) is 48.2 Å². The fourth-order valence-corrected chi connectivity index (χ4v) is 6.90. The van der Waals surface area contributed by atoms with E-state index in [1.165, 1.54) is 51.0 Å². The summed E-state index contributed by atoms with van der Waals surface area (Å²) in [7, 11) is 1.52. The first kappa shape index (κ1) is 27.4. The van der Waals surface area contributed by atoms with Crippen LogP contribution in [0.4, 0.5) is 10.7 Å². The highest BCUT2D eigenvalue weighted by molar-refractivity contribution is 5.93. The smallest absolute Gasteiger partial charge is 0.321 e. The van der Waals surface area contributed by atoms with E-state index in [1.807, 2.05) is 0 Å². The summed E-state index contributed by atoms with van der Waals surface area (Å²) in [5.41, 5.74) is 1.36. The zero-order valence-electron chi connectivity index (χ0n) is 23.7. The Labute approximate surface area is 232 Å². The standard InChI is InChI=1S/C31H43N5O3/c1-4-23(2)19-30(25-11-6-5-7-12-25)14-16-31(17-15-30)22-35(29(38)36(31)20-24-9-8-10-24)21-26(37)33-28-32-18-13-27(34-28)39-3/h5-7,11-13,18,23-24H,4,8-10,14-17,19-22H2,1-3H3,(H,32,33,34,37). The quantitative estimate of drug-likeness (QED) is 0.427. The molecular formula is C31H43N5O3. The molecule has 39 heavy (non-hydrogen) atoms. The molecule has 3 fully saturated rings. The number of nitrogens with one attached hydrogen (secondary N) is 1. The maximum absolute atomic E-state index is 13.8. The number of amides is 3. The third-order valence-corrected chi connectivity index (χ3v) is 9.61. The zero-order valence-corrected chi connectivity index (χ0v) is 23.7. The average Bonchev–Trinajstić information content (AvgIpc) is 3.17. The van der Waals surface area contributed by atoms with E-state index in [0.717, 1.165) is 32.2 Å². The molecule has 0 bridgehead atoms. The Kier molecular flexibility index (Phi) is 8.10. The molecule has 3 amide bonds. The fraction of sp³-hybridized carbons (Fsp3) is 0.613. The van der Waals surface area contributed by atoms with E-state index < -0.39 is 0 Å². The number of rotatable bonds is 10. The molecule has 2 saturated carbocycles. The summed E-state index contributed by atoms with van der Waals surface area (Å²) in [6.07, 6.45) is 11.6. The van der Waals surface area contributed by atoms with Crippen LogP contribution in [0.15, 0.2) is 42.6 Å². The molecule has 1 aliphatic heterocycles. The van der Waals surface area contributed by atoms with Crippen molar-refractivity contribution >= 4 is 17.9 Å². The molecule has 1 spiro atoms. The number of methoxy groups -OCH3 is 1. The largest absolute Gasteiger partial charge is 0.481 e. The number of carbonyl (C=O) groups excluding carboxylic acids is 2. The van der Waals surface area contributed by atoms with Crippen molar-refractivity contribution in [1.29, 1.82) is 0 Å². The number of hydrogen-bond acceptors (Lipinski definition) is 5.